The summed E-state index contributed by atoms with van der Waals surface area (Å²) in [5.74, 6) is -1.45. The second kappa shape index (κ2) is 6.12. The second-order valence-electron chi connectivity index (χ2n) is 5.83. The van der Waals surface area contributed by atoms with Crippen molar-refractivity contribution in [1.29, 1.82) is 0 Å². The van der Waals surface area contributed by atoms with Crippen LogP contribution in [-0.4, -0.2) is 22.5 Å². The molecule has 1 saturated carbocycles. The standard InChI is InChI=1S/C17H16FNO3S/c18-12-4-2-11(3-5-12)13-6-7-14(23-13)16(22)19-17(8-1-9-17)10-15(20)21/h2-7H,1,8-10H2,(H,19,22)(H,20,21). The first-order valence-electron chi connectivity index (χ1n) is 7.38. The van der Waals surface area contributed by atoms with E-state index in [4.69, 9.17) is 5.11 Å². The molecular weight excluding hydrogens is 317 g/mol. The normalized spacial score (nSPS) is 15.7. The lowest BCUT2D eigenvalue weighted by molar-refractivity contribution is -0.139. The lowest BCUT2D eigenvalue weighted by Gasteiger charge is -2.41. The van der Waals surface area contributed by atoms with Gasteiger partial charge in [-0.2, -0.15) is 0 Å². The molecule has 1 fully saturated rings. The maximum atomic E-state index is 13.0. The van der Waals surface area contributed by atoms with Gasteiger partial charge in [0.2, 0.25) is 0 Å². The van der Waals surface area contributed by atoms with Crippen molar-refractivity contribution in [3.05, 3.63) is 47.1 Å². The number of amides is 1. The SMILES string of the molecule is O=C(O)CC1(NC(=O)c2ccc(-c3ccc(F)cc3)s2)CCC1. The van der Waals surface area contributed by atoms with Gasteiger partial charge in [0.1, 0.15) is 5.82 Å². The van der Waals surface area contributed by atoms with Gasteiger partial charge in [0, 0.05) is 4.88 Å². The zero-order chi connectivity index (χ0) is 16.4. The Bertz CT molecular complexity index is 735. The van der Waals surface area contributed by atoms with Gasteiger partial charge in [0.05, 0.1) is 16.8 Å². The molecule has 23 heavy (non-hydrogen) atoms. The number of nitrogens with one attached hydrogen (secondary N) is 1. The summed E-state index contributed by atoms with van der Waals surface area (Å²) in [4.78, 5) is 24.7. The van der Waals surface area contributed by atoms with Crippen LogP contribution < -0.4 is 5.32 Å². The van der Waals surface area contributed by atoms with Crippen LogP contribution in [0.3, 0.4) is 0 Å². The number of hydrogen-bond acceptors (Lipinski definition) is 3. The third-order valence-corrected chi connectivity index (χ3v) is 5.27. The molecule has 2 N–H and O–H groups in total. The summed E-state index contributed by atoms with van der Waals surface area (Å²) in [5, 5.41) is 11.9. The van der Waals surface area contributed by atoms with Gasteiger partial charge in [-0.3, -0.25) is 9.59 Å². The topological polar surface area (TPSA) is 66.4 Å². The average Bonchev–Trinajstić information content (AvgIpc) is 2.95. The van der Waals surface area contributed by atoms with Gasteiger partial charge in [-0.15, -0.1) is 11.3 Å². The number of aliphatic carboxylic acids is 1. The summed E-state index contributed by atoms with van der Waals surface area (Å²) in [6.45, 7) is 0. The predicted molar refractivity (Wildman–Crippen MR) is 86.0 cm³/mol. The van der Waals surface area contributed by atoms with E-state index in [1.807, 2.05) is 6.07 Å². The molecule has 1 heterocycles. The highest BCUT2D eigenvalue weighted by Gasteiger charge is 2.40. The Hall–Kier alpha value is -2.21. The summed E-state index contributed by atoms with van der Waals surface area (Å²) >= 11 is 1.31. The molecule has 0 bridgehead atoms. The van der Waals surface area contributed by atoms with Crippen LogP contribution in [0.1, 0.15) is 35.4 Å². The first-order valence-corrected chi connectivity index (χ1v) is 8.19. The van der Waals surface area contributed by atoms with E-state index in [2.05, 4.69) is 5.32 Å². The van der Waals surface area contributed by atoms with E-state index in [9.17, 15) is 14.0 Å². The van der Waals surface area contributed by atoms with Crippen molar-refractivity contribution < 1.29 is 19.1 Å². The fourth-order valence-electron chi connectivity index (χ4n) is 2.77. The number of carboxylic acid groups (broad SMARTS) is 1. The van der Waals surface area contributed by atoms with Crippen LogP contribution in [0.2, 0.25) is 0 Å². The highest BCUT2D eigenvalue weighted by atomic mass is 32.1. The number of carboxylic acids is 1. The molecule has 1 aromatic carbocycles. The minimum absolute atomic E-state index is 0.0467. The quantitative estimate of drug-likeness (QED) is 0.877. The Labute approximate surface area is 137 Å². The Morgan fingerprint density at radius 3 is 2.43 bits per heavy atom. The maximum Gasteiger partial charge on any atom is 0.305 e. The highest BCUT2D eigenvalue weighted by Crippen LogP contribution is 2.36. The van der Waals surface area contributed by atoms with Crippen molar-refractivity contribution in [2.75, 3.05) is 0 Å². The van der Waals surface area contributed by atoms with E-state index in [0.717, 1.165) is 16.9 Å². The van der Waals surface area contributed by atoms with Crippen molar-refractivity contribution in [3.8, 4) is 10.4 Å². The Morgan fingerprint density at radius 1 is 1.17 bits per heavy atom. The first-order chi connectivity index (χ1) is 11.0. The number of halogens is 1. The Balaban J connectivity index is 1.73. The van der Waals surface area contributed by atoms with E-state index in [1.54, 1.807) is 18.2 Å². The summed E-state index contributed by atoms with van der Waals surface area (Å²) in [6.07, 6.45) is 2.27. The Morgan fingerprint density at radius 2 is 1.87 bits per heavy atom. The lowest BCUT2D eigenvalue weighted by atomic mass is 9.74. The number of rotatable bonds is 5. The van der Waals surface area contributed by atoms with Gasteiger partial charge in [-0.1, -0.05) is 12.1 Å². The number of carbonyl (C=O) groups is 2. The molecule has 0 spiro atoms. The minimum Gasteiger partial charge on any atom is -0.481 e. The number of hydrogen-bond donors (Lipinski definition) is 2. The fraction of sp³-hybridized carbons (Fsp3) is 0.294. The third-order valence-electron chi connectivity index (χ3n) is 4.14. The van der Waals surface area contributed by atoms with Crippen molar-refractivity contribution >= 4 is 23.2 Å². The summed E-state index contributed by atoms with van der Waals surface area (Å²) in [7, 11) is 0. The van der Waals surface area contributed by atoms with Gasteiger partial charge in [0.25, 0.3) is 5.91 Å². The molecule has 1 aliphatic rings. The van der Waals surface area contributed by atoms with Gasteiger partial charge >= 0.3 is 5.97 Å². The fourth-order valence-corrected chi connectivity index (χ4v) is 3.68. The first kappa shape index (κ1) is 15.7. The largest absolute Gasteiger partial charge is 0.481 e. The smallest absolute Gasteiger partial charge is 0.305 e. The minimum atomic E-state index is -0.900. The average molecular weight is 333 g/mol. The number of benzene rings is 1. The van der Waals surface area contributed by atoms with Gasteiger partial charge in [-0.25, -0.2) is 4.39 Å². The lowest BCUT2D eigenvalue weighted by Crippen LogP contribution is -2.54. The zero-order valence-electron chi connectivity index (χ0n) is 12.3. The van der Waals surface area contributed by atoms with Crippen molar-refractivity contribution in [3.63, 3.8) is 0 Å². The van der Waals surface area contributed by atoms with E-state index < -0.39 is 11.5 Å². The van der Waals surface area contributed by atoms with Crippen LogP contribution in [0.15, 0.2) is 36.4 Å². The van der Waals surface area contributed by atoms with Crippen LogP contribution in [0.25, 0.3) is 10.4 Å². The summed E-state index contributed by atoms with van der Waals surface area (Å²) in [6, 6.07) is 9.63. The number of thiophene rings is 1. The van der Waals surface area contributed by atoms with E-state index in [0.29, 0.717) is 17.7 Å². The molecule has 0 saturated heterocycles. The summed E-state index contributed by atoms with van der Waals surface area (Å²) < 4.78 is 13.0. The monoisotopic (exact) mass is 333 g/mol. The van der Waals surface area contributed by atoms with E-state index >= 15 is 0 Å². The molecule has 1 aliphatic carbocycles. The van der Waals surface area contributed by atoms with Gasteiger partial charge < -0.3 is 10.4 Å². The third kappa shape index (κ3) is 3.42. The molecule has 0 radical (unpaired) electrons. The van der Waals surface area contributed by atoms with Gasteiger partial charge in [0.15, 0.2) is 0 Å². The predicted octanol–water partition coefficient (Wildman–Crippen LogP) is 3.68. The highest BCUT2D eigenvalue weighted by molar-refractivity contribution is 7.17. The van der Waals surface area contributed by atoms with E-state index in [-0.39, 0.29) is 18.1 Å². The van der Waals surface area contributed by atoms with Crippen LogP contribution in [-0.2, 0) is 4.79 Å². The molecule has 1 aromatic heterocycles. The zero-order valence-corrected chi connectivity index (χ0v) is 13.2. The molecule has 3 rings (SSSR count). The molecule has 2 aromatic rings. The molecule has 6 heteroatoms. The van der Waals surface area contributed by atoms with Crippen LogP contribution >= 0.6 is 11.3 Å². The van der Waals surface area contributed by atoms with Crippen molar-refractivity contribution in [2.45, 2.75) is 31.2 Å². The van der Waals surface area contributed by atoms with Gasteiger partial charge in [-0.05, 0) is 49.1 Å². The molecule has 120 valence electrons. The van der Waals surface area contributed by atoms with E-state index in [1.165, 1.54) is 23.5 Å². The molecule has 1 amide bonds. The second-order valence-corrected chi connectivity index (χ2v) is 6.91. The molecule has 0 atom stereocenters. The van der Waals surface area contributed by atoms with Crippen molar-refractivity contribution in [1.82, 2.24) is 5.32 Å². The van der Waals surface area contributed by atoms with Crippen molar-refractivity contribution in [2.24, 2.45) is 0 Å². The van der Waals surface area contributed by atoms with Crippen LogP contribution in [0.5, 0.6) is 0 Å². The number of carbonyl (C=O) groups excluding carboxylic acids is 1. The molecule has 4 nitrogen and oxygen atoms in total. The molecule has 0 unspecified atom stereocenters. The van der Waals surface area contributed by atoms with Crippen LogP contribution in [0, 0.1) is 5.82 Å². The maximum absolute atomic E-state index is 13.0. The summed E-state index contributed by atoms with van der Waals surface area (Å²) in [5.41, 5.74) is 0.238. The molecule has 0 aliphatic heterocycles. The molecular formula is C17H16FNO3S. The van der Waals surface area contributed by atoms with Crippen LogP contribution in [0.4, 0.5) is 4.39 Å². The Kier molecular flexibility index (Phi) is 4.17.